The predicted octanol–water partition coefficient (Wildman–Crippen LogP) is 5.02. The Morgan fingerprint density at radius 3 is 2.55 bits per heavy atom. The molecule has 126 valence electrons. The van der Waals surface area contributed by atoms with Crippen molar-refractivity contribution in [2.75, 3.05) is 0 Å². The van der Waals surface area contributed by atoms with Gasteiger partial charge in [-0.3, -0.25) is 0 Å². The molecule has 1 aliphatic heterocycles. The minimum absolute atomic E-state index is 0.0325. The molecule has 0 spiro atoms. The van der Waals surface area contributed by atoms with Gasteiger partial charge in [-0.05, 0) is 53.4 Å². The standard InChI is InChI=1S/C19H31ClO2/c1-7-16(21)11-10-15(9-8-14(2)3)19(6)13-12-17(20)18(4,5)22-19/h7-9,15-17,21H,1-2,10-13H2,3-6H3/b9-8+/t15-,16?,17+,19-/m1/s1. The molecule has 3 heteroatoms. The second-order valence-electron chi connectivity index (χ2n) is 7.22. The molecule has 0 aromatic heterocycles. The van der Waals surface area contributed by atoms with Crippen LogP contribution < -0.4 is 0 Å². The zero-order chi connectivity index (χ0) is 17.0. The summed E-state index contributed by atoms with van der Waals surface area (Å²) in [5.74, 6) is 0.210. The van der Waals surface area contributed by atoms with Crippen molar-refractivity contribution >= 4 is 11.6 Å². The normalized spacial score (nSPS) is 30.9. The van der Waals surface area contributed by atoms with Gasteiger partial charge in [0.25, 0.3) is 0 Å². The molecule has 0 radical (unpaired) electrons. The van der Waals surface area contributed by atoms with Crippen molar-refractivity contribution in [2.45, 2.75) is 76.1 Å². The zero-order valence-corrected chi connectivity index (χ0v) is 15.2. The van der Waals surface area contributed by atoms with Gasteiger partial charge in [0.15, 0.2) is 0 Å². The molecule has 0 saturated carbocycles. The SMILES string of the molecule is C=CC(O)CC[C@@H](/C=C/C(=C)C)[C@@]1(C)CC[C@H](Cl)C(C)(C)O1. The highest BCUT2D eigenvalue weighted by Crippen LogP contribution is 2.43. The third kappa shape index (κ3) is 5.26. The Kier molecular flexibility index (Phi) is 6.91. The Morgan fingerprint density at radius 1 is 1.41 bits per heavy atom. The van der Waals surface area contributed by atoms with Gasteiger partial charge in [0.2, 0.25) is 0 Å². The van der Waals surface area contributed by atoms with Gasteiger partial charge in [-0.2, -0.15) is 0 Å². The summed E-state index contributed by atoms with van der Waals surface area (Å²) in [7, 11) is 0. The fourth-order valence-corrected chi connectivity index (χ4v) is 3.25. The Balaban J connectivity index is 2.92. The molecule has 1 aliphatic rings. The molecular weight excluding hydrogens is 296 g/mol. The van der Waals surface area contributed by atoms with Crippen LogP contribution in [0, 0.1) is 5.92 Å². The quantitative estimate of drug-likeness (QED) is 0.404. The summed E-state index contributed by atoms with van der Waals surface area (Å²) in [6.07, 6.45) is 8.70. The molecule has 4 atom stereocenters. The van der Waals surface area contributed by atoms with Gasteiger partial charge in [-0.15, -0.1) is 18.2 Å². The topological polar surface area (TPSA) is 29.5 Å². The lowest BCUT2D eigenvalue weighted by atomic mass is 9.76. The molecule has 1 N–H and O–H groups in total. The van der Waals surface area contributed by atoms with Crippen LogP contribution in [0.15, 0.2) is 37.0 Å². The molecule has 0 amide bonds. The molecule has 22 heavy (non-hydrogen) atoms. The Labute approximate surface area is 140 Å². The molecule has 1 fully saturated rings. The van der Waals surface area contributed by atoms with Gasteiger partial charge >= 0.3 is 0 Å². The van der Waals surface area contributed by atoms with E-state index in [0.29, 0.717) is 6.42 Å². The van der Waals surface area contributed by atoms with Crippen molar-refractivity contribution in [1.82, 2.24) is 0 Å². The van der Waals surface area contributed by atoms with E-state index in [1.807, 2.05) is 13.0 Å². The number of halogens is 1. The smallest absolute Gasteiger partial charge is 0.0797 e. The van der Waals surface area contributed by atoms with Crippen LogP contribution in [0.1, 0.15) is 53.4 Å². The van der Waals surface area contributed by atoms with Crippen LogP contribution in [0.2, 0.25) is 0 Å². The van der Waals surface area contributed by atoms with Gasteiger partial charge in [0.1, 0.15) is 0 Å². The lowest BCUT2D eigenvalue weighted by molar-refractivity contribution is -0.181. The first-order valence-corrected chi connectivity index (χ1v) is 8.53. The summed E-state index contributed by atoms with van der Waals surface area (Å²) >= 11 is 6.41. The van der Waals surface area contributed by atoms with Gasteiger partial charge in [0, 0.05) is 5.92 Å². The number of alkyl halides is 1. The monoisotopic (exact) mass is 326 g/mol. The van der Waals surface area contributed by atoms with Crippen LogP contribution in [0.5, 0.6) is 0 Å². The van der Waals surface area contributed by atoms with Gasteiger partial charge < -0.3 is 9.84 Å². The lowest BCUT2D eigenvalue weighted by Crippen LogP contribution is -2.53. The van der Waals surface area contributed by atoms with Gasteiger partial charge in [-0.25, -0.2) is 0 Å². The maximum atomic E-state index is 9.79. The van der Waals surface area contributed by atoms with E-state index in [0.717, 1.165) is 24.8 Å². The highest BCUT2D eigenvalue weighted by atomic mass is 35.5. The van der Waals surface area contributed by atoms with Crippen molar-refractivity contribution in [2.24, 2.45) is 5.92 Å². The number of allylic oxidation sites excluding steroid dienone is 2. The van der Waals surface area contributed by atoms with E-state index < -0.39 is 6.10 Å². The van der Waals surface area contributed by atoms with Crippen LogP contribution in [0.25, 0.3) is 0 Å². The first kappa shape index (κ1) is 19.5. The van der Waals surface area contributed by atoms with Crippen LogP contribution in [0.3, 0.4) is 0 Å². The summed E-state index contributed by atoms with van der Waals surface area (Å²) in [6.45, 7) is 15.8. The van der Waals surface area contributed by atoms with E-state index in [1.54, 1.807) is 6.08 Å². The fraction of sp³-hybridized carbons (Fsp3) is 0.684. The predicted molar refractivity (Wildman–Crippen MR) is 95.3 cm³/mol. The largest absolute Gasteiger partial charge is 0.389 e. The molecule has 1 unspecified atom stereocenters. The summed E-state index contributed by atoms with van der Waals surface area (Å²) in [5, 5.41) is 9.82. The Morgan fingerprint density at radius 2 is 2.05 bits per heavy atom. The summed E-state index contributed by atoms with van der Waals surface area (Å²) in [5.41, 5.74) is 0.394. The van der Waals surface area contributed by atoms with Crippen molar-refractivity contribution in [3.63, 3.8) is 0 Å². The number of aliphatic hydroxyl groups is 1. The van der Waals surface area contributed by atoms with Crippen molar-refractivity contribution < 1.29 is 9.84 Å². The van der Waals surface area contributed by atoms with Crippen LogP contribution in [-0.4, -0.2) is 27.8 Å². The Bertz CT molecular complexity index is 427. The van der Waals surface area contributed by atoms with Crippen molar-refractivity contribution in [3.8, 4) is 0 Å². The average molecular weight is 327 g/mol. The summed E-state index contributed by atoms with van der Waals surface area (Å²) < 4.78 is 6.41. The summed E-state index contributed by atoms with van der Waals surface area (Å²) in [6, 6.07) is 0. The molecule has 0 aromatic carbocycles. The lowest BCUT2D eigenvalue weighted by Gasteiger charge is -2.49. The molecule has 2 nitrogen and oxygen atoms in total. The number of hydrogen-bond donors (Lipinski definition) is 1. The van der Waals surface area contributed by atoms with Crippen LogP contribution in [-0.2, 0) is 4.74 Å². The second-order valence-corrected chi connectivity index (χ2v) is 7.74. The number of hydrogen-bond acceptors (Lipinski definition) is 2. The second kappa shape index (κ2) is 7.81. The van der Waals surface area contributed by atoms with Crippen LogP contribution >= 0.6 is 11.6 Å². The number of aliphatic hydroxyl groups excluding tert-OH is 1. The van der Waals surface area contributed by atoms with Gasteiger partial charge in [-0.1, -0.05) is 30.4 Å². The average Bonchev–Trinajstić information content (AvgIpc) is 2.42. The number of rotatable bonds is 7. The summed E-state index contributed by atoms with van der Waals surface area (Å²) in [4.78, 5) is 0. The zero-order valence-electron chi connectivity index (χ0n) is 14.4. The van der Waals surface area contributed by atoms with Gasteiger partial charge in [0.05, 0.1) is 22.7 Å². The molecule has 1 saturated heterocycles. The molecule has 1 rings (SSSR count). The first-order valence-electron chi connectivity index (χ1n) is 8.09. The fourth-order valence-electron chi connectivity index (χ4n) is 3.09. The maximum absolute atomic E-state index is 9.79. The minimum Gasteiger partial charge on any atom is -0.389 e. The van der Waals surface area contributed by atoms with E-state index in [9.17, 15) is 5.11 Å². The molecule has 0 aliphatic carbocycles. The van der Waals surface area contributed by atoms with Crippen molar-refractivity contribution in [1.29, 1.82) is 0 Å². The molecular formula is C19H31ClO2. The highest BCUT2D eigenvalue weighted by molar-refractivity contribution is 6.21. The van der Waals surface area contributed by atoms with Crippen LogP contribution in [0.4, 0.5) is 0 Å². The number of ether oxygens (including phenoxy) is 1. The third-order valence-corrected chi connectivity index (χ3v) is 5.33. The van der Waals surface area contributed by atoms with E-state index in [1.165, 1.54) is 0 Å². The van der Waals surface area contributed by atoms with Crippen molar-refractivity contribution in [3.05, 3.63) is 37.0 Å². The molecule has 0 aromatic rings. The van der Waals surface area contributed by atoms with E-state index >= 15 is 0 Å². The molecule has 0 bridgehead atoms. The first-order chi connectivity index (χ1) is 10.1. The molecule has 1 heterocycles. The Hall–Kier alpha value is -0.570. The third-order valence-electron chi connectivity index (χ3n) is 4.59. The maximum Gasteiger partial charge on any atom is 0.0797 e. The van der Waals surface area contributed by atoms with E-state index in [2.05, 4.69) is 40.0 Å². The minimum atomic E-state index is -0.471. The van der Waals surface area contributed by atoms with E-state index in [-0.39, 0.29) is 22.5 Å². The van der Waals surface area contributed by atoms with E-state index in [4.69, 9.17) is 16.3 Å². The highest BCUT2D eigenvalue weighted by Gasteiger charge is 2.46.